The number of esters is 1. The van der Waals surface area contributed by atoms with Gasteiger partial charge in [-0.1, -0.05) is 0 Å². The summed E-state index contributed by atoms with van der Waals surface area (Å²) in [6.07, 6.45) is -4.76. The third-order valence-corrected chi connectivity index (χ3v) is 2.93. The number of nitrogens with zero attached hydrogens (tertiary/aromatic N) is 2. The molecule has 0 spiro atoms. The van der Waals surface area contributed by atoms with Crippen LogP contribution in [0.2, 0.25) is 0 Å². The maximum Gasteiger partial charge on any atom is 0.351 e. The molecule has 3 atom stereocenters. The van der Waals surface area contributed by atoms with E-state index in [4.69, 9.17) is 10.5 Å². The second kappa shape index (κ2) is 5.37. The molecular formula is C11H13F2N3O5. The summed E-state index contributed by atoms with van der Waals surface area (Å²) in [6, 6.07) is 1.15. The number of hydrogen-bond donors (Lipinski definition) is 2. The van der Waals surface area contributed by atoms with Gasteiger partial charge in [-0.15, -0.1) is 0 Å². The molecule has 1 saturated heterocycles. The minimum absolute atomic E-state index is 0.130. The van der Waals surface area contributed by atoms with Gasteiger partial charge in [0.15, 0.2) is 6.10 Å². The number of aliphatic hydroxyl groups is 1. The second-order valence-electron chi connectivity index (χ2n) is 4.49. The van der Waals surface area contributed by atoms with Crippen LogP contribution in [0.4, 0.5) is 14.6 Å². The first-order valence-electron chi connectivity index (χ1n) is 5.93. The van der Waals surface area contributed by atoms with E-state index >= 15 is 0 Å². The Hall–Kier alpha value is -2.07. The van der Waals surface area contributed by atoms with E-state index in [1.54, 1.807) is 0 Å². The van der Waals surface area contributed by atoms with Gasteiger partial charge < -0.3 is 20.3 Å². The molecule has 0 saturated carbocycles. The Morgan fingerprint density at radius 2 is 2.33 bits per heavy atom. The van der Waals surface area contributed by atoms with Crippen molar-refractivity contribution in [2.45, 2.75) is 31.3 Å². The summed E-state index contributed by atoms with van der Waals surface area (Å²) in [7, 11) is 0. The van der Waals surface area contributed by atoms with E-state index in [-0.39, 0.29) is 5.82 Å². The third-order valence-electron chi connectivity index (χ3n) is 2.93. The van der Waals surface area contributed by atoms with Crippen molar-refractivity contribution < 1.29 is 28.2 Å². The molecule has 0 bridgehead atoms. The molecular weight excluding hydrogens is 292 g/mol. The third kappa shape index (κ3) is 2.85. The molecule has 1 aliphatic rings. The molecule has 116 valence electrons. The van der Waals surface area contributed by atoms with Crippen molar-refractivity contribution in [1.29, 1.82) is 0 Å². The van der Waals surface area contributed by atoms with Crippen molar-refractivity contribution in [3.63, 3.8) is 0 Å². The standard InChI is InChI=1S/C11H13F2N3O5/c1-5(17)20-4-6-8(18)11(12,13)9(21-6)16-3-2-7(14)15-10(16)19/h2-3,6,8-9,18H,4H2,1H3,(H2,14,15,19)/t6-,8-,9-/m1/s1. The molecule has 0 amide bonds. The van der Waals surface area contributed by atoms with Crippen molar-refractivity contribution in [3.8, 4) is 0 Å². The van der Waals surface area contributed by atoms with Gasteiger partial charge in [0.25, 0.3) is 0 Å². The van der Waals surface area contributed by atoms with Gasteiger partial charge in [-0.05, 0) is 6.07 Å². The molecule has 10 heteroatoms. The van der Waals surface area contributed by atoms with E-state index in [1.807, 2.05) is 0 Å². The Balaban J connectivity index is 2.27. The Kier molecular flexibility index (Phi) is 3.92. The molecule has 8 nitrogen and oxygen atoms in total. The minimum Gasteiger partial charge on any atom is -0.463 e. The normalized spacial score (nSPS) is 27.5. The number of rotatable bonds is 3. The van der Waals surface area contributed by atoms with E-state index in [2.05, 4.69) is 9.72 Å². The highest BCUT2D eigenvalue weighted by Gasteiger charge is 2.59. The second-order valence-corrected chi connectivity index (χ2v) is 4.49. The van der Waals surface area contributed by atoms with E-state index in [0.29, 0.717) is 4.57 Å². The molecule has 3 N–H and O–H groups in total. The smallest absolute Gasteiger partial charge is 0.351 e. The lowest BCUT2D eigenvalue weighted by Crippen LogP contribution is -2.42. The lowest BCUT2D eigenvalue weighted by molar-refractivity contribution is -0.148. The molecule has 0 aliphatic carbocycles. The molecule has 0 radical (unpaired) electrons. The van der Waals surface area contributed by atoms with Crippen molar-refractivity contribution >= 4 is 11.8 Å². The number of aromatic nitrogens is 2. The van der Waals surface area contributed by atoms with Gasteiger partial charge in [-0.25, -0.2) is 4.79 Å². The summed E-state index contributed by atoms with van der Waals surface area (Å²) in [5.41, 5.74) is 4.23. The highest BCUT2D eigenvalue weighted by Crippen LogP contribution is 2.42. The first-order valence-corrected chi connectivity index (χ1v) is 5.93. The van der Waals surface area contributed by atoms with Gasteiger partial charge in [-0.3, -0.25) is 9.36 Å². The number of nitrogens with two attached hydrogens (primary N) is 1. The molecule has 2 heterocycles. The molecule has 0 aromatic carbocycles. The zero-order valence-electron chi connectivity index (χ0n) is 10.9. The fraction of sp³-hybridized carbons (Fsp3) is 0.545. The first-order chi connectivity index (χ1) is 9.73. The van der Waals surface area contributed by atoms with Gasteiger partial charge in [0.05, 0.1) is 0 Å². The number of hydrogen-bond acceptors (Lipinski definition) is 7. The summed E-state index contributed by atoms with van der Waals surface area (Å²) in [6.45, 7) is 0.533. The van der Waals surface area contributed by atoms with E-state index in [0.717, 1.165) is 19.2 Å². The average Bonchev–Trinajstić information content (AvgIpc) is 2.60. The molecule has 1 fully saturated rings. The predicted molar refractivity (Wildman–Crippen MR) is 64.4 cm³/mol. The molecule has 1 aromatic heterocycles. The van der Waals surface area contributed by atoms with Crippen molar-refractivity contribution in [2.75, 3.05) is 12.3 Å². The molecule has 1 aliphatic heterocycles. The number of halogens is 2. The monoisotopic (exact) mass is 305 g/mol. The van der Waals surface area contributed by atoms with Crippen LogP contribution in [0.25, 0.3) is 0 Å². The van der Waals surface area contributed by atoms with Crippen LogP contribution >= 0.6 is 0 Å². The molecule has 0 unspecified atom stereocenters. The van der Waals surface area contributed by atoms with Gasteiger partial charge in [0, 0.05) is 13.1 Å². The largest absolute Gasteiger partial charge is 0.463 e. The Bertz CT molecular complexity index is 606. The maximum atomic E-state index is 14.0. The van der Waals surface area contributed by atoms with Crippen molar-refractivity contribution in [2.24, 2.45) is 0 Å². The Morgan fingerprint density at radius 3 is 2.90 bits per heavy atom. The fourth-order valence-electron chi connectivity index (χ4n) is 1.91. The van der Waals surface area contributed by atoms with Gasteiger partial charge >= 0.3 is 17.6 Å². The highest BCUT2D eigenvalue weighted by molar-refractivity contribution is 5.65. The van der Waals surface area contributed by atoms with Crippen LogP contribution in [0, 0.1) is 0 Å². The molecule has 21 heavy (non-hydrogen) atoms. The van der Waals surface area contributed by atoms with Crippen LogP contribution in [0.1, 0.15) is 13.2 Å². The number of nitrogen functional groups attached to an aromatic ring is 1. The van der Waals surface area contributed by atoms with E-state index in [9.17, 15) is 23.5 Å². The minimum atomic E-state index is -3.76. The Morgan fingerprint density at radius 1 is 1.67 bits per heavy atom. The molecule has 1 aromatic rings. The summed E-state index contributed by atoms with van der Waals surface area (Å²) >= 11 is 0. The maximum absolute atomic E-state index is 14.0. The quantitative estimate of drug-likeness (QED) is 0.708. The zero-order chi connectivity index (χ0) is 15.8. The van der Waals surface area contributed by atoms with Crippen LogP contribution in [-0.4, -0.2) is 45.4 Å². The van der Waals surface area contributed by atoms with Crippen LogP contribution < -0.4 is 11.4 Å². The number of aliphatic hydroxyl groups excluding tert-OH is 1. The van der Waals surface area contributed by atoms with Crippen molar-refractivity contribution in [3.05, 3.63) is 22.7 Å². The van der Waals surface area contributed by atoms with Crippen LogP contribution in [-0.2, 0) is 14.3 Å². The van der Waals surface area contributed by atoms with E-state index < -0.39 is 42.6 Å². The number of alkyl halides is 2. The number of carbonyl (C=O) groups is 1. The van der Waals surface area contributed by atoms with Crippen LogP contribution in [0.5, 0.6) is 0 Å². The summed E-state index contributed by atoms with van der Waals surface area (Å²) in [5, 5.41) is 9.58. The number of carbonyl (C=O) groups excluding carboxylic acids is 1. The van der Waals surface area contributed by atoms with Crippen LogP contribution in [0.3, 0.4) is 0 Å². The molecule has 2 rings (SSSR count). The fourth-order valence-corrected chi connectivity index (χ4v) is 1.91. The van der Waals surface area contributed by atoms with Gasteiger partial charge in [0.2, 0.25) is 6.23 Å². The highest BCUT2D eigenvalue weighted by atomic mass is 19.3. The summed E-state index contributed by atoms with van der Waals surface area (Å²) in [5.74, 6) is -4.59. The summed E-state index contributed by atoms with van der Waals surface area (Å²) in [4.78, 5) is 25.6. The average molecular weight is 305 g/mol. The summed E-state index contributed by atoms with van der Waals surface area (Å²) < 4.78 is 38.0. The lowest BCUT2D eigenvalue weighted by atomic mass is 10.1. The predicted octanol–water partition coefficient (Wildman–Crippen LogP) is -0.718. The lowest BCUT2D eigenvalue weighted by Gasteiger charge is -2.20. The topological polar surface area (TPSA) is 117 Å². The number of anilines is 1. The Labute approximate surface area is 117 Å². The van der Waals surface area contributed by atoms with Gasteiger partial charge in [0.1, 0.15) is 18.5 Å². The van der Waals surface area contributed by atoms with Crippen molar-refractivity contribution in [1.82, 2.24) is 9.55 Å². The zero-order valence-corrected chi connectivity index (χ0v) is 10.9. The SMILES string of the molecule is CC(=O)OC[C@H]1O[C@@H](n2ccc(N)nc2=O)C(F)(F)[C@@H]1O. The van der Waals surface area contributed by atoms with Gasteiger partial charge in [-0.2, -0.15) is 13.8 Å². The first kappa shape index (κ1) is 15.3. The van der Waals surface area contributed by atoms with E-state index in [1.165, 1.54) is 0 Å². The van der Waals surface area contributed by atoms with Crippen LogP contribution in [0.15, 0.2) is 17.1 Å². The number of ether oxygens (including phenoxy) is 2.